The summed E-state index contributed by atoms with van der Waals surface area (Å²) in [7, 11) is 0. The van der Waals surface area contributed by atoms with E-state index in [-0.39, 0.29) is 18.5 Å². The van der Waals surface area contributed by atoms with Crippen LogP contribution in [0.2, 0.25) is 0 Å². The average Bonchev–Trinajstić information content (AvgIpc) is 2.37. The standard InChI is InChI=1S/C16H22N2O3/c1-11-4-2-6-13(8-11)17-16(21)18-14-7-3-5-12(9-14)10-15(19)20/h3,5,7,9,11,13H,2,4,6,8,10H2,1H3,(H,19,20)(H2,17,18,21). The second-order valence-corrected chi connectivity index (χ2v) is 5.84. The summed E-state index contributed by atoms with van der Waals surface area (Å²) in [5.74, 6) is -0.226. The molecule has 0 bridgehead atoms. The van der Waals surface area contributed by atoms with Crippen molar-refractivity contribution in [3.63, 3.8) is 0 Å². The zero-order chi connectivity index (χ0) is 15.2. The van der Waals surface area contributed by atoms with E-state index in [2.05, 4.69) is 17.6 Å². The Kier molecular flexibility index (Phi) is 5.20. The Hall–Kier alpha value is -2.04. The van der Waals surface area contributed by atoms with Gasteiger partial charge in [-0.15, -0.1) is 0 Å². The number of hydrogen-bond donors (Lipinski definition) is 3. The van der Waals surface area contributed by atoms with E-state index < -0.39 is 5.97 Å². The number of carboxylic acid groups (broad SMARTS) is 1. The lowest BCUT2D eigenvalue weighted by molar-refractivity contribution is -0.136. The van der Waals surface area contributed by atoms with Crippen molar-refractivity contribution in [3.8, 4) is 0 Å². The van der Waals surface area contributed by atoms with Crippen molar-refractivity contribution >= 4 is 17.7 Å². The molecule has 0 spiro atoms. The minimum atomic E-state index is -0.882. The van der Waals surface area contributed by atoms with Crippen LogP contribution in [0.1, 0.15) is 38.2 Å². The van der Waals surface area contributed by atoms with E-state index in [1.807, 2.05) is 0 Å². The monoisotopic (exact) mass is 290 g/mol. The summed E-state index contributed by atoms with van der Waals surface area (Å²) in [6, 6.07) is 6.94. The van der Waals surface area contributed by atoms with Crippen molar-refractivity contribution in [1.29, 1.82) is 0 Å². The van der Waals surface area contributed by atoms with Crippen LogP contribution in [-0.2, 0) is 11.2 Å². The Morgan fingerprint density at radius 3 is 2.86 bits per heavy atom. The van der Waals surface area contributed by atoms with E-state index in [1.165, 1.54) is 6.42 Å². The van der Waals surface area contributed by atoms with E-state index >= 15 is 0 Å². The SMILES string of the molecule is CC1CCCC(NC(=O)Nc2cccc(CC(=O)O)c2)C1. The predicted octanol–water partition coefficient (Wildman–Crippen LogP) is 3.01. The Bertz CT molecular complexity index is 516. The van der Waals surface area contributed by atoms with Crippen molar-refractivity contribution in [2.24, 2.45) is 5.92 Å². The summed E-state index contributed by atoms with van der Waals surface area (Å²) in [5, 5.41) is 14.5. The second kappa shape index (κ2) is 7.11. The lowest BCUT2D eigenvalue weighted by Crippen LogP contribution is -2.40. The lowest BCUT2D eigenvalue weighted by Gasteiger charge is -2.27. The van der Waals surface area contributed by atoms with Crippen molar-refractivity contribution in [2.75, 3.05) is 5.32 Å². The van der Waals surface area contributed by atoms with Crippen LogP contribution in [-0.4, -0.2) is 23.1 Å². The maximum atomic E-state index is 12.0. The van der Waals surface area contributed by atoms with Gasteiger partial charge in [0.2, 0.25) is 0 Å². The number of urea groups is 1. The van der Waals surface area contributed by atoms with Gasteiger partial charge in [0.15, 0.2) is 0 Å². The Morgan fingerprint density at radius 1 is 1.33 bits per heavy atom. The van der Waals surface area contributed by atoms with Crippen LogP contribution in [0.3, 0.4) is 0 Å². The first-order valence-electron chi connectivity index (χ1n) is 7.41. The molecule has 2 rings (SSSR count). The van der Waals surface area contributed by atoms with E-state index in [9.17, 15) is 9.59 Å². The fraction of sp³-hybridized carbons (Fsp3) is 0.500. The van der Waals surface area contributed by atoms with Crippen LogP contribution in [0.4, 0.5) is 10.5 Å². The summed E-state index contributed by atoms with van der Waals surface area (Å²) >= 11 is 0. The predicted molar refractivity (Wildman–Crippen MR) is 81.4 cm³/mol. The topological polar surface area (TPSA) is 78.4 Å². The maximum absolute atomic E-state index is 12.0. The number of benzene rings is 1. The molecule has 1 aliphatic carbocycles. The van der Waals surface area contributed by atoms with Crippen LogP contribution in [0.15, 0.2) is 24.3 Å². The van der Waals surface area contributed by atoms with Crippen LogP contribution < -0.4 is 10.6 Å². The molecule has 2 atom stereocenters. The molecule has 114 valence electrons. The molecular weight excluding hydrogens is 268 g/mol. The van der Waals surface area contributed by atoms with E-state index in [0.717, 1.165) is 19.3 Å². The first-order valence-corrected chi connectivity index (χ1v) is 7.41. The second-order valence-electron chi connectivity index (χ2n) is 5.84. The van der Waals surface area contributed by atoms with Crippen LogP contribution in [0, 0.1) is 5.92 Å². The minimum Gasteiger partial charge on any atom is -0.481 e. The molecule has 0 aliphatic heterocycles. The van der Waals surface area contributed by atoms with Gasteiger partial charge in [-0.2, -0.15) is 0 Å². The number of rotatable bonds is 4. The first-order chi connectivity index (χ1) is 10.0. The molecule has 1 aliphatic rings. The van der Waals surface area contributed by atoms with Crippen molar-refractivity contribution in [1.82, 2.24) is 5.32 Å². The Labute approximate surface area is 124 Å². The summed E-state index contributed by atoms with van der Waals surface area (Å²) in [4.78, 5) is 22.7. The molecule has 3 N–H and O–H groups in total. The molecule has 1 aromatic carbocycles. The normalized spacial score (nSPS) is 21.6. The Balaban J connectivity index is 1.88. The zero-order valence-corrected chi connectivity index (χ0v) is 12.3. The highest BCUT2D eigenvalue weighted by Gasteiger charge is 2.20. The quantitative estimate of drug-likeness (QED) is 0.797. The fourth-order valence-electron chi connectivity index (χ4n) is 2.85. The number of carbonyl (C=O) groups is 2. The molecule has 1 aromatic rings. The molecule has 2 amide bonds. The van der Waals surface area contributed by atoms with Crippen molar-refractivity contribution < 1.29 is 14.7 Å². The molecule has 5 heteroatoms. The molecule has 1 fully saturated rings. The van der Waals surface area contributed by atoms with Crippen LogP contribution in [0.5, 0.6) is 0 Å². The number of carbonyl (C=O) groups excluding carboxylic acids is 1. The van der Waals surface area contributed by atoms with Gasteiger partial charge in [-0.3, -0.25) is 4.79 Å². The largest absolute Gasteiger partial charge is 0.481 e. The van der Waals surface area contributed by atoms with Gasteiger partial charge in [0.05, 0.1) is 6.42 Å². The number of amides is 2. The molecule has 1 saturated carbocycles. The third-order valence-electron chi connectivity index (χ3n) is 3.81. The van der Waals surface area contributed by atoms with Crippen LogP contribution >= 0.6 is 0 Å². The lowest BCUT2D eigenvalue weighted by atomic mass is 9.87. The molecule has 2 unspecified atom stereocenters. The highest BCUT2D eigenvalue weighted by molar-refractivity contribution is 5.89. The maximum Gasteiger partial charge on any atom is 0.319 e. The highest BCUT2D eigenvalue weighted by Crippen LogP contribution is 2.23. The number of anilines is 1. The van der Waals surface area contributed by atoms with Gasteiger partial charge in [0.1, 0.15) is 0 Å². The summed E-state index contributed by atoms with van der Waals surface area (Å²) in [5.41, 5.74) is 1.29. The molecule has 21 heavy (non-hydrogen) atoms. The number of aliphatic carboxylic acids is 1. The van der Waals surface area contributed by atoms with Gasteiger partial charge in [0, 0.05) is 11.7 Å². The molecule has 5 nitrogen and oxygen atoms in total. The molecule has 0 radical (unpaired) electrons. The third-order valence-corrected chi connectivity index (χ3v) is 3.81. The molecule has 0 aromatic heterocycles. The summed E-state index contributed by atoms with van der Waals surface area (Å²) < 4.78 is 0. The van der Waals surface area contributed by atoms with Gasteiger partial charge < -0.3 is 15.7 Å². The average molecular weight is 290 g/mol. The van der Waals surface area contributed by atoms with Crippen molar-refractivity contribution in [3.05, 3.63) is 29.8 Å². The fourth-order valence-corrected chi connectivity index (χ4v) is 2.85. The van der Waals surface area contributed by atoms with E-state index in [0.29, 0.717) is 17.2 Å². The molecular formula is C16H22N2O3. The summed E-state index contributed by atoms with van der Waals surface area (Å²) in [6.45, 7) is 2.21. The van der Waals surface area contributed by atoms with Gasteiger partial charge in [-0.25, -0.2) is 4.79 Å². The van der Waals surface area contributed by atoms with Crippen molar-refractivity contribution in [2.45, 2.75) is 45.1 Å². The van der Waals surface area contributed by atoms with Gasteiger partial charge in [-0.05, 0) is 36.5 Å². The molecule has 0 saturated heterocycles. The number of hydrogen-bond acceptors (Lipinski definition) is 2. The number of carboxylic acids is 1. The van der Waals surface area contributed by atoms with Crippen LogP contribution in [0.25, 0.3) is 0 Å². The highest BCUT2D eigenvalue weighted by atomic mass is 16.4. The first kappa shape index (κ1) is 15.4. The summed E-state index contributed by atoms with van der Waals surface area (Å²) in [6.07, 6.45) is 4.39. The van der Waals surface area contributed by atoms with E-state index in [4.69, 9.17) is 5.11 Å². The van der Waals surface area contributed by atoms with Gasteiger partial charge in [-0.1, -0.05) is 31.9 Å². The smallest absolute Gasteiger partial charge is 0.319 e. The minimum absolute atomic E-state index is 0.0444. The van der Waals surface area contributed by atoms with Gasteiger partial charge >= 0.3 is 12.0 Å². The third kappa shape index (κ3) is 5.10. The Morgan fingerprint density at radius 2 is 2.14 bits per heavy atom. The number of nitrogens with one attached hydrogen (secondary N) is 2. The van der Waals surface area contributed by atoms with E-state index in [1.54, 1.807) is 24.3 Å². The zero-order valence-electron chi connectivity index (χ0n) is 12.3. The molecule has 0 heterocycles. The van der Waals surface area contributed by atoms with Gasteiger partial charge in [0.25, 0.3) is 0 Å².